The third-order valence-electron chi connectivity index (χ3n) is 3.50. The maximum atomic E-state index is 11.6. The highest BCUT2D eigenvalue weighted by atomic mass is 35.5. The zero-order valence-corrected chi connectivity index (χ0v) is 14.2. The summed E-state index contributed by atoms with van der Waals surface area (Å²) in [4.78, 5) is 16.0. The van der Waals surface area contributed by atoms with Crippen molar-refractivity contribution in [1.29, 1.82) is 0 Å². The average Bonchev–Trinajstić information content (AvgIpc) is 3.04. The number of aliphatic carboxylic acids is 1. The van der Waals surface area contributed by atoms with Crippen LogP contribution in [-0.4, -0.2) is 22.1 Å². The van der Waals surface area contributed by atoms with Crippen molar-refractivity contribution in [1.82, 2.24) is 4.98 Å². The average molecular weight is 359 g/mol. The summed E-state index contributed by atoms with van der Waals surface area (Å²) >= 11 is 7.35. The van der Waals surface area contributed by atoms with E-state index in [9.17, 15) is 9.90 Å². The number of hydrogen-bond donors (Lipinski definition) is 2. The molecule has 0 aliphatic heterocycles. The number of nitrogens with zero attached hydrogens (tertiary/aromatic N) is 1. The summed E-state index contributed by atoms with van der Waals surface area (Å²) in [6.07, 6.45) is 0.330. The number of nitrogens with one attached hydrogen (secondary N) is 1. The van der Waals surface area contributed by atoms with Gasteiger partial charge >= 0.3 is 5.97 Å². The Morgan fingerprint density at radius 2 is 2.00 bits per heavy atom. The molecular weight excluding hydrogens is 344 g/mol. The van der Waals surface area contributed by atoms with Gasteiger partial charge in [-0.3, -0.25) is 0 Å². The highest BCUT2D eigenvalue weighted by Gasteiger charge is 2.19. The van der Waals surface area contributed by atoms with E-state index >= 15 is 0 Å². The first-order chi connectivity index (χ1) is 11.6. The van der Waals surface area contributed by atoms with Gasteiger partial charge in [-0.15, -0.1) is 11.3 Å². The van der Waals surface area contributed by atoms with Gasteiger partial charge in [0.25, 0.3) is 0 Å². The van der Waals surface area contributed by atoms with Crippen molar-refractivity contribution in [2.45, 2.75) is 12.5 Å². The molecule has 3 rings (SSSR count). The van der Waals surface area contributed by atoms with Crippen LogP contribution in [-0.2, 0) is 11.2 Å². The maximum Gasteiger partial charge on any atom is 0.326 e. The van der Waals surface area contributed by atoms with Crippen molar-refractivity contribution in [2.24, 2.45) is 0 Å². The van der Waals surface area contributed by atoms with E-state index in [1.165, 1.54) is 11.3 Å². The Morgan fingerprint density at radius 3 is 2.71 bits per heavy atom. The third-order valence-corrected chi connectivity index (χ3v) is 4.51. The second kappa shape index (κ2) is 7.47. The molecule has 4 nitrogen and oxygen atoms in total. The van der Waals surface area contributed by atoms with Crippen LogP contribution in [0.4, 0.5) is 5.13 Å². The molecule has 6 heteroatoms. The van der Waals surface area contributed by atoms with E-state index in [0.29, 0.717) is 16.6 Å². The normalized spacial score (nSPS) is 11.9. The molecule has 1 heterocycles. The van der Waals surface area contributed by atoms with E-state index in [4.69, 9.17) is 11.6 Å². The predicted octanol–water partition coefficient (Wildman–Crippen LogP) is 4.57. The number of carbonyl (C=O) groups is 1. The standard InChI is InChI=1S/C18H15ClN2O2S/c19-14-8-4-5-12(9-14)10-15(17(22)23)20-18-21-16(11-24-18)13-6-2-1-3-7-13/h1-9,11,15H,10H2,(H,20,21)(H,22,23). The lowest BCUT2D eigenvalue weighted by molar-refractivity contribution is -0.137. The summed E-state index contributed by atoms with van der Waals surface area (Å²) in [5.74, 6) is -0.925. The molecule has 0 bridgehead atoms. The summed E-state index contributed by atoms with van der Waals surface area (Å²) in [5, 5.41) is 15.6. The van der Waals surface area contributed by atoms with Crippen molar-refractivity contribution < 1.29 is 9.90 Å². The molecule has 2 N–H and O–H groups in total. The van der Waals surface area contributed by atoms with Gasteiger partial charge in [-0.05, 0) is 17.7 Å². The molecule has 1 atom stereocenters. The second-order valence-corrected chi connectivity index (χ2v) is 6.57. The van der Waals surface area contributed by atoms with Crippen LogP contribution in [0.5, 0.6) is 0 Å². The van der Waals surface area contributed by atoms with Crippen LogP contribution in [0.2, 0.25) is 5.02 Å². The van der Waals surface area contributed by atoms with Gasteiger partial charge in [0.15, 0.2) is 5.13 Å². The maximum absolute atomic E-state index is 11.6. The number of carboxylic acids is 1. The molecule has 0 aliphatic rings. The van der Waals surface area contributed by atoms with E-state index in [0.717, 1.165) is 16.8 Å². The van der Waals surface area contributed by atoms with Crippen molar-refractivity contribution in [3.8, 4) is 11.3 Å². The summed E-state index contributed by atoms with van der Waals surface area (Å²) in [6, 6.07) is 16.2. The van der Waals surface area contributed by atoms with Crippen LogP contribution in [0, 0.1) is 0 Å². The van der Waals surface area contributed by atoms with Gasteiger partial charge in [0.2, 0.25) is 0 Å². The number of carboxylic acid groups (broad SMARTS) is 1. The molecule has 0 radical (unpaired) electrons. The Bertz CT molecular complexity index is 836. The summed E-state index contributed by atoms with van der Waals surface area (Å²) in [5.41, 5.74) is 2.70. The van der Waals surface area contributed by atoms with Crippen molar-refractivity contribution in [2.75, 3.05) is 5.32 Å². The molecule has 122 valence electrons. The Balaban J connectivity index is 1.74. The lowest BCUT2D eigenvalue weighted by atomic mass is 10.1. The fourth-order valence-electron chi connectivity index (χ4n) is 2.33. The number of benzene rings is 2. The van der Waals surface area contributed by atoms with E-state index in [1.54, 1.807) is 12.1 Å². The van der Waals surface area contributed by atoms with Crippen LogP contribution in [0.25, 0.3) is 11.3 Å². The van der Waals surface area contributed by atoms with Crippen LogP contribution in [0.3, 0.4) is 0 Å². The first kappa shape index (κ1) is 16.5. The van der Waals surface area contributed by atoms with Gasteiger partial charge in [0.1, 0.15) is 6.04 Å². The van der Waals surface area contributed by atoms with Gasteiger partial charge in [-0.25, -0.2) is 9.78 Å². The van der Waals surface area contributed by atoms with Crippen LogP contribution < -0.4 is 5.32 Å². The highest BCUT2D eigenvalue weighted by molar-refractivity contribution is 7.14. The Morgan fingerprint density at radius 1 is 1.21 bits per heavy atom. The lowest BCUT2D eigenvalue weighted by Gasteiger charge is -2.13. The molecule has 2 aromatic carbocycles. The van der Waals surface area contributed by atoms with E-state index < -0.39 is 12.0 Å². The minimum absolute atomic E-state index is 0.330. The summed E-state index contributed by atoms with van der Waals surface area (Å²) in [7, 11) is 0. The minimum Gasteiger partial charge on any atom is -0.480 e. The molecule has 0 aliphatic carbocycles. The Labute approximate surface area is 148 Å². The van der Waals surface area contributed by atoms with Crippen LogP contribution in [0.15, 0.2) is 60.0 Å². The third kappa shape index (κ3) is 4.13. The molecule has 0 saturated heterocycles. The number of thiazole rings is 1. The first-order valence-electron chi connectivity index (χ1n) is 7.36. The highest BCUT2D eigenvalue weighted by Crippen LogP contribution is 2.25. The van der Waals surface area contributed by atoms with Gasteiger partial charge in [0.05, 0.1) is 5.69 Å². The monoisotopic (exact) mass is 358 g/mol. The van der Waals surface area contributed by atoms with Gasteiger partial charge in [-0.2, -0.15) is 0 Å². The molecule has 0 saturated carbocycles. The SMILES string of the molecule is O=C(O)C(Cc1cccc(Cl)c1)Nc1nc(-c2ccccc2)cs1. The lowest BCUT2D eigenvalue weighted by Crippen LogP contribution is -2.31. The minimum atomic E-state index is -0.925. The molecule has 24 heavy (non-hydrogen) atoms. The van der Waals surface area contributed by atoms with Crippen LogP contribution >= 0.6 is 22.9 Å². The molecule has 0 spiro atoms. The first-order valence-corrected chi connectivity index (χ1v) is 8.62. The summed E-state index contributed by atoms with van der Waals surface area (Å²) < 4.78 is 0. The number of hydrogen-bond acceptors (Lipinski definition) is 4. The second-order valence-electron chi connectivity index (χ2n) is 5.27. The Hall–Kier alpha value is -2.37. The van der Waals surface area contributed by atoms with E-state index in [1.807, 2.05) is 47.8 Å². The fourth-order valence-corrected chi connectivity index (χ4v) is 3.32. The summed E-state index contributed by atoms with van der Waals surface area (Å²) in [6.45, 7) is 0. The number of halogens is 1. The fraction of sp³-hybridized carbons (Fsp3) is 0.111. The Kier molecular flexibility index (Phi) is 5.13. The zero-order valence-electron chi connectivity index (χ0n) is 12.6. The molecule has 1 aromatic heterocycles. The van der Waals surface area contributed by atoms with Gasteiger partial charge in [-0.1, -0.05) is 54.1 Å². The smallest absolute Gasteiger partial charge is 0.326 e. The van der Waals surface area contributed by atoms with Gasteiger partial charge < -0.3 is 10.4 Å². The number of rotatable bonds is 6. The molecule has 0 amide bonds. The van der Waals surface area contributed by atoms with Crippen molar-refractivity contribution in [3.05, 3.63) is 70.6 Å². The number of anilines is 1. The van der Waals surface area contributed by atoms with E-state index in [2.05, 4.69) is 10.3 Å². The molecule has 1 unspecified atom stereocenters. The topological polar surface area (TPSA) is 62.2 Å². The molecule has 3 aromatic rings. The molecule has 0 fully saturated rings. The predicted molar refractivity (Wildman–Crippen MR) is 97.8 cm³/mol. The largest absolute Gasteiger partial charge is 0.480 e. The zero-order chi connectivity index (χ0) is 16.9. The van der Waals surface area contributed by atoms with Crippen molar-refractivity contribution in [3.63, 3.8) is 0 Å². The molecular formula is C18H15ClN2O2S. The number of aromatic nitrogens is 1. The van der Waals surface area contributed by atoms with E-state index in [-0.39, 0.29) is 0 Å². The van der Waals surface area contributed by atoms with Gasteiger partial charge in [0, 0.05) is 22.4 Å². The van der Waals surface area contributed by atoms with Crippen molar-refractivity contribution >= 4 is 34.0 Å². The van der Waals surface area contributed by atoms with Crippen LogP contribution in [0.1, 0.15) is 5.56 Å². The quantitative estimate of drug-likeness (QED) is 0.677.